The molecule has 0 bridgehead atoms. The zero-order valence-electron chi connectivity index (χ0n) is 33.6. The third-order valence-corrected chi connectivity index (χ3v) is 10.0. The van der Waals surface area contributed by atoms with E-state index >= 15 is 0 Å². The monoisotopic (exact) mass is 769 g/mol. The van der Waals surface area contributed by atoms with E-state index in [0.717, 1.165) is 70.6 Å². The second-order valence-corrected chi connectivity index (χ2v) is 15.9. The Labute approximate surface area is 323 Å². The van der Waals surface area contributed by atoms with Crippen LogP contribution in [0.25, 0.3) is 0 Å². The highest BCUT2D eigenvalue weighted by atomic mass is 31.2. The second-order valence-electron chi connectivity index (χ2n) is 14.7. The third kappa shape index (κ3) is 34.5. The molecule has 10 heteroatoms. The number of esters is 2. The van der Waals surface area contributed by atoms with E-state index in [0.29, 0.717) is 25.0 Å². The maximum atomic E-state index is 12.4. The van der Waals surface area contributed by atoms with Crippen LogP contribution in [-0.2, 0) is 32.9 Å². The van der Waals surface area contributed by atoms with Crippen LogP contribution in [-0.4, -0.2) is 53.3 Å². The van der Waals surface area contributed by atoms with Gasteiger partial charge in [0.2, 0.25) is 0 Å². The number of hydrogen-bond acceptors (Lipinski definition) is 7. The molecule has 0 saturated carbocycles. The topological polar surface area (TPSA) is 132 Å². The molecule has 1 heterocycles. The average Bonchev–Trinajstić information content (AvgIpc) is 3.88. The average molecular weight is 769 g/mol. The van der Waals surface area contributed by atoms with Crippen LogP contribution in [0.2, 0.25) is 0 Å². The Morgan fingerprint density at radius 2 is 1.09 bits per heavy atom. The number of rotatable bonds is 38. The van der Waals surface area contributed by atoms with Crippen molar-refractivity contribution in [3.05, 3.63) is 36.5 Å². The van der Waals surface area contributed by atoms with E-state index < -0.39 is 32.5 Å². The van der Waals surface area contributed by atoms with Gasteiger partial charge in [0.05, 0.1) is 18.8 Å². The normalized spacial score (nSPS) is 16.6. The molecule has 3 atom stereocenters. The molecular formula is C43H77O9P. The van der Waals surface area contributed by atoms with E-state index in [9.17, 15) is 14.2 Å². The highest BCUT2D eigenvalue weighted by Crippen LogP contribution is 2.36. The molecule has 9 nitrogen and oxygen atoms in total. The van der Waals surface area contributed by atoms with Crippen LogP contribution in [0.5, 0.6) is 0 Å². The summed E-state index contributed by atoms with van der Waals surface area (Å²) in [6, 6.07) is 0. The molecule has 0 aliphatic carbocycles. The number of unbranched alkanes of at least 4 members (excludes halogenated alkanes) is 19. The lowest BCUT2D eigenvalue weighted by molar-refractivity contribution is -0.161. The molecule has 1 aliphatic rings. The molecule has 1 saturated heterocycles. The largest absolute Gasteiger partial charge is 0.469 e. The maximum absolute atomic E-state index is 12.4. The first kappa shape index (κ1) is 49.2. The van der Waals surface area contributed by atoms with E-state index in [-0.39, 0.29) is 19.4 Å². The van der Waals surface area contributed by atoms with Crippen LogP contribution in [0.3, 0.4) is 0 Å². The minimum Gasteiger partial charge on any atom is -0.462 e. The number of allylic oxidation sites excluding steroid dienone is 5. The minimum absolute atomic E-state index is 0.190. The van der Waals surface area contributed by atoms with Gasteiger partial charge in [-0.2, -0.15) is 0 Å². The molecule has 53 heavy (non-hydrogen) atoms. The Morgan fingerprint density at radius 3 is 1.66 bits per heavy atom. The van der Waals surface area contributed by atoms with Crippen molar-refractivity contribution in [2.45, 2.75) is 212 Å². The van der Waals surface area contributed by atoms with Crippen molar-refractivity contribution in [1.82, 2.24) is 0 Å². The molecule has 308 valence electrons. The van der Waals surface area contributed by atoms with Crippen molar-refractivity contribution in [3.63, 3.8) is 0 Å². The van der Waals surface area contributed by atoms with Crippen LogP contribution < -0.4 is 0 Å². The van der Waals surface area contributed by atoms with Gasteiger partial charge in [0.25, 0.3) is 0 Å². The summed E-state index contributed by atoms with van der Waals surface area (Å²) in [5, 5.41) is 0. The molecule has 1 aliphatic heterocycles. The van der Waals surface area contributed by atoms with Gasteiger partial charge in [-0.25, -0.2) is 4.57 Å². The molecule has 0 aromatic carbocycles. The quantitative estimate of drug-likeness (QED) is 0.0207. The maximum Gasteiger partial charge on any atom is 0.469 e. The Bertz CT molecular complexity index is 1020. The first-order valence-electron chi connectivity index (χ1n) is 21.4. The van der Waals surface area contributed by atoms with Crippen molar-refractivity contribution < 1.29 is 42.7 Å². The van der Waals surface area contributed by atoms with Gasteiger partial charge in [0.1, 0.15) is 6.61 Å². The second kappa shape index (κ2) is 34.7. The fraction of sp³-hybridized carbons (Fsp3) is 0.814. The Balaban J connectivity index is 2.04. The number of ether oxygens (including phenoxy) is 3. The van der Waals surface area contributed by atoms with Gasteiger partial charge in [0, 0.05) is 12.8 Å². The number of phosphoric acid groups is 1. The van der Waals surface area contributed by atoms with Gasteiger partial charge in [-0.1, -0.05) is 147 Å². The number of carbonyl (C=O) groups excluding carboxylic acids is 2. The van der Waals surface area contributed by atoms with Gasteiger partial charge in [-0.05, 0) is 70.6 Å². The van der Waals surface area contributed by atoms with E-state index in [1.807, 2.05) is 0 Å². The third-order valence-electron chi connectivity index (χ3n) is 9.56. The van der Waals surface area contributed by atoms with Gasteiger partial charge < -0.3 is 24.0 Å². The molecule has 0 amide bonds. The molecule has 1 rings (SSSR count). The first-order chi connectivity index (χ1) is 25.7. The lowest BCUT2D eigenvalue weighted by Gasteiger charge is -2.18. The van der Waals surface area contributed by atoms with Crippen LogP contribution >= 0.6 is 7.82 Å². The molecule has 0 spiro atoms. The minimum atomic E-state index is -4.76. The summed E-state index contributed by atoms with van der Waals surface area (Å²) >= 11 is 0. The molecule has 0 aromatic heterocycles. The number of hydrogen-bond donors (Lipinski definition) is 2. The standard InChI is InChI=1S/C43H77O9P/c1-3-5-7-8-9-10-11-12-13-14-15-16-17-18-19-20-24-27-31-35-42(44)49-37-39(38-50-53(46,47)48)51-43(45)36-32-28-25-22-21-23-26-30-34-41-40(52-41)33-29-6-4-2/h9-10,12-13,26,30,39-41H,3-8,11,14-25,27-29,31-38H2,1-2H3,(H2,46,47,48)/b10-9-,13-12-,30-26-/t39-,40?,41?/m1/s1. The molecular weight excluding hydrogens is 691 g/mol. The predicted molar refractivity (Wildman–Crippen MR) is 216 cm³/mol. The number of epoxide rings is 1. The Hall–Kier alpha value is -1.77. The Kier molecular flexibility index (Phi) is 32.2. The molecule has 2 N–H and O–H groups in total. The molecule has 1 fully saturated rings. The fourth-order valence-corrected chi connectivity index (χ4v) is 6.59. The predicted octanol–water partition coefficient (Wildman–Crippen LogP) is 11.9. The summed E-state index contributed by atoms with van der Waals surface area (Å²) in [6.45, 7) is 3.62. The summed E-state index contributed by atoms with van der Waals surface area (Å²) in [5.41, 5.74) is 0. The SMILES string of the molecule is CCCCC/C=C\C/C=C\CCCCCCCCCCCC(=O)OC[C@H](COP(=O)(O)O)OC(=O)CCCCCCC/C=C\CC1OC1CCCCC. The number of carbonyl (C=O) groups is 2. The van der Waals surface area contributed by atoms with E-state index in [1.54, 1.807) is 0 Å². The summed E-state index contributed by atoms with van der Waals surface area (Å²) in [7, 11) is -4.76. The molecule has 2 unspecified atom stereocenters. The number of phosphoric ester groups is 1. The van der Waals surface area contributed by atoms with Gasteiger partial charge in [0.15, 0.2) is 6.10 Å². The van der Waals surface area contributed by atoms with Gasteiger partial charge in [-0.15, -0.1) is 0 Å². The van der Waals surface area contributed by atoms with Gasteiger partial charge >= 0.3 is 19.8 Å². The molecule has 0 aromatic rings. The smallest absolute Gasteiger partial charge is 0.462 e. The van der Waals surface area contributed by atoms with Crippen molar-refractivity contribution in [1.29, 1.82) is 0 Å². The lowest BCUT2D eigenvalue weighted by Crippen LogP contribution is -2.29. The zero-order chi connectivity index (χ0) is 38.7. The van der Waals surface area contributed by atoms with Crippen LogP contribution in [0.1, 0.15) is 194 Å². The summed E-state index contributed by atoms with van der Waals surface area (Å²) < 4.78 is 32.1. The Morgan fingerprint density at radius 1 is 0.604 bits per heavy atom. The van der Waals surface area contributed by atoms with Crippen molar-refractivity contribution in [3.8, 4) is 0 Å². The van der Waals surface area contributed by atoms with E-state index in [1.165, 1.54) is 83.5 Å². The van der Waals surface area contributed by atoms with Gasteiger partial charge in [-0.3, -0.25) is 14.1 Å². The van der Waals surface area contributed by atoms with Crippen molar-refractivity contribution in [2.24, 2.45) is 0 Å². The van der Waals surface area contributed by atoms with Crippen molar-refractivity contribution in [2.75, 3.05) is 13.2 Å². The highest BCUT2D eigenvalue weighted by molar-refractivity contribution is 7.46. The van der Waals surface area contributed by atoms with Crippen LogP contribution in [0, 0.1) is 0 Å². The fourth-order valence-electron chi connectivity index (χ4n) is 6.23. The summed E-state index contributed by atoms with van der Waals surface area (Å²) in [6.07, 6.45) is 43.2. The zero-order valence-corrected chi connectivity index (χ0v) is 34.5. The van der Waals surface area contributed by atoms with Crippen molar-refractivity contribution >= 4 is 19.8 Å². The summed E-state index contributed by atoms with van der Waals surface area (Å²) in [4.78, 5) is 42.9. The van der Waals surface area contributed by atoms with E-state index in [2.05, 4.69) is 54.8 Å². The van der Waals surface area contributed by atoms with Crippen LogP contribution in [0.15, 0.2) is 36.5 Å². The lowest BCUT2D eigenvalue weighted by atomic mass is 10.1. The first-order valence-corrected chi connectivity index (χ1v) is 22.9. The summed E-state index contributed by atoms with van der Waals surface area (Å²) in [5.74, 6) is -0.909. The molecule has 0 radical (unpaired) electrons. The highest BCUT2D eigenvalue weighted by Gasteiger charge is 2.36. The van der Waals surface area contributed by atoms with E-state index in [4.69, 9.17) is 24.0 Å². The van der Waals surface area contributed by atoms with Crippen LogP contribution in [0.4, 0.5) is 0 Å².